The molecule has 2 rings (SSSR count). The highest BCUT2D eigenvalue weighted by Crippen LogP contribution is 2.32. The number of halogens is 3. The largest absolute Gasteiger partial charge is 0.416 e. The van der Waals surface area contributed by atoms with Crippen LogP contribution >= 0.6 is 0 Å². The number of rotatable bonds is 11. The van der Waals surface area contributed by atoms with E-state index in [1.165, 1.54) is 18.0 Å². The van der Waals surface area contributed by atoms with E-state index in [9.17, 15) is 31.2 Å². The first-order valence-corrected chi connectivity index (χ1v) is 13.3. The summed E-state index contributed by atoms with van der Waals surface area (Å²) < 4.78 is 65.0. The predicted molar refractivity (Wildman–Crippen MR) is 133 cm³/mol. The van der Waals surface area contributed by atoms with Gasteiger partial charge >= 0.3 is 6.18 Å². The van der Waals surface area contributed by atoms with E-state index in [4.69, 9.17) is 0 Å². The maximum Gasteiger partial charge on any atom is 0.416 e. The number of alkyl halides is 3. The Morgan fingerprint density at radius 2 is 1.75 bits per heavy atom. The molecule has 198 valence electrons. The van der Waals surface area contributed by atoms with E-state index >= 15 is 0 Å². The smallest absolute Gasteiger partial charge is 0.357 e. The number of anilines is 1. The lowest BCUT2D eigenvalue weighted by Crippen LogP contribution is -2.48. The van der Waals surface area contributed by atoms with Gasteiger partial charge in [0.2, 0.25) is 21.8 Å². The molecule has 0 saturated carbocycles. The van der Waals surface area contributed by atoms with E-state index in [-0.39, 0.29) is 43.4 Å². The Labute approximate surface area is 210 Å². The van der Waals surface area contributed by atoms with E-state index in [1.54, 1.807) is 6.92 Å². The van der Waals surface area contributed by atoms with Gasteiger partial charge in [0.1, 0.15) is 6.04 Å². The number of likely N-dealkylation sites (N-methyl/N-ethyl adjacent to an activating group) is 1. The predicted octanol–water partition coefficient (Wildman–Crippen LogP) is 4.11. The van der Waals surface area contributed by atoms with Crippen LogP contribution in [-0.4, -0.2) is 51.0 Å². The molecule has 11 heteroatoms. The van der Waals surface area contributed by atoms with E-state index in [2.05, 4.69) is 5.32 Å². The number of carbonyl (C=O) groups excluding carboxylic acids is 2. The molecule has 0 saturated heterocycles. The van der Waals surface area contributed by atoms with Crippen LogP contribution in [0.1, 0.15) is 42.9 Å². The standard InChI is InChI=1S/C25H32F3N3O4S/c1-5-22(24(33)29-3)30(17-19-11-7-6-10-18(19)2)23(32)14-9-15-31(36(4,34)35)21-13-8-12-20(16-21)25(26,27)28/h6-8,10-13,16,22H,5,9,14-15,17H2,1-4H3,(H,29,33)/t22-/m0/s1. The van der Waals surface area contributed by atoms with Gasteiger partial charge in [-0.15, -0.1) is 0 Å². The molecule has 0 aliphatic carbocycles. The number of hydrogen-bond donors (Lipinski definition) is 1. The van der Waals surface area contributed by atoms with Crippen LogP contribution in [-0.2, 0) is 32.3 Å². The lowest BCUT2D eigenvalue weighted by atomic mass is 10.1. The van der Waals surface area contributed by atoms with Crippen LogP contribution in [0.3, 0.4) is 0 Å². The van der Waals surface area contributed by atoms with Gasteiger partial charge < -0.3 is 10.2 Å². The Morgan fingerprint density at radius 1 is 1.08 bits per heavy atom. The number of benzene rings is 2. The Kier molecular flexibility index (Phi) is 9.92. The second-order valence-electron chi connectivity index (χ2n) is 8.47. The third-order valence-electron chi connectivity index (χ3n) is 5.85. The molecule has 0 fully saturated rings. The minimum atomic E-state index is -4.62. The van der Waals surface area contributed by atoms with Crippen LogP contribution in [0.2, 0.25) is 0 Å². The van der Waals surface area contributed by atoms with Crippen molar-refractivity contribution in [2.75, 3.05) is 24.2 Å². The third kappa shape index (κ3) is 7.71. The molecule has 2 aromatic carbocycles. The number of nitrogens with one attached hydrogen (secondary N) is 1. The molecule has 0 radical (unpaired) electrons. The fraction of sp³-hybridized carbons (Fsp3) is 0.440. The normalized spacial score (nSPS) is 12.6. The van der Waals surface area contributed by atoms with Gasteiger partial charge in [0.15, 0.2) is 0 Å². The first-order chi connectivity index (χ1) is 16.8. The number of nitrogens with zero attached hydrogens (tertiary/aromatic N) is 2. The molecular weight excluding hydrogens is 495 g/mol. The number of sulfonamides is 1. The Balaban J connectivity index is 2.24. The molecule has 0 aromatic heterocycles. The van der Waals surface area contributed by atoms with Gasteiger partial charge in [-0.3, -0.25) is 13.9 Å². The summed E-state index contributed by atoms with van der Waals surface area (Å²) in [6.45, 7) is 3.69. The fourth-order valence-electron chi connectivity index (χ4n) is 3.90. The molecule has 0 heterocycles. The number of aryl methyl sites for hydroxylation is 1. The lowest BCUT2D eigenvalue weighted by molar-refractivity contribution is -0.141. The molecule has 2 amide bonds. The molecule has 1 atom stereocenters. The van der Waals surface area contributed by atoms with Crippen molar-refractivity contribution in [2.24, 2.45) is 0 Å². The van der Waals surface area contributed by atoms with Gasteiger partial charge in [0, 0.05) is 26.6 Å². The van der Waals surface area contributed by atoms with E-state index < -0.39 is 27.8 Å². The molecule has 1 N–H and O–H groups in total. The average molecular weight is 528 g/mol. The van der Waals surface area contributed by atoms with Crippen molar-refractivity contribution in [1.82, 2.24) is 10.2 Å². The summed E-state index contributed by atoms with van der Waals surface area (Å²) >= 11 is 0. The summed E-state index contributed by atoms with van der Waals surface area (Å²) in [7, 11) is -2.43. The summed E-state index contributed by atoms with van der Waals surface area (Å²) in [6.07, 6.45) is -3.39. The van der Waals surface area contributed by atoms with Crippen molar-refractivity contribution in [2.45, 2.75) is 51.9 Å². The van der Waals surface area contributed by atoms with E-state index in [0.29, 0.717) is 6.42 Å². The third-order valence-corrected chi connectivity index (χ3v) is 7.04. The number of carbonyl (C=O) groups is 2. The van der Waals surface area contributed by atoms with Gasteiger partial charge in [-0.25, -0.2) is 8.42 Å². The van der Waals surface area contributed by atoms with Crippen molar-refractivity contribution >= 4 is 27.5 Å². The summed E-state index contributed by atoms with van der Waals surface area (Å²) in [4.78, 5) is 27.2. The zero-order valence-corrected chi connectivity index (χ0v) is 21.6. The maximum absolute atomic E-state index is 13.3. The first-order valence-electron chi connectivity index (χ1n) is 11.5. The van der Waals surface area contributed by atoms with Crippen LogP contribution in [0.4, 0.5) is 18.9 Å². The van der Waals surface area contributed by atoms with Crippen LogP contribution in [0, 0.1) is 6.92 Å². The maximum atomic E-state index is 13.3. The highest BCUT2D eigenvalue weighted by Gasteiger charge is 2.32. The first kappa shape index (κ1) is 29.2. The summed E-state index contributed by atoms with van der Waals surface area (Å²) in [5.41, 5.74) is 0.726. The monoisotopic (exact) mass is 527 g/mol. The second kappa shape index (κ2) is 12.2. The zero-order valence-electron chi connectivity index (χ0n) is 20.8. The van der Waals surface area contributed by atoms with Crippen LogP contribution in [0.15, 0.2) is 48.5 Å². The van der Waals surface area contributed by atoms with Crippen molar-refractivity contribution in [3.05, 3.63) is 65.2 Å². The quantitative estimate of drug-likeness (QED) is 0.477. The molecule has 0 spiro atoms. The molecular formula is C25H32F3N3O4S. The molecule has 36 heavy (non-hydrogen) atoms. The highest BCUT2D eigenvalue weighted by molar-refractivity contribution is 7.92. The van der Waals surface area contributed by atoms with Gasteiger partial charge in [-0.05, 0) is 49.1 Å². The lowest BCUT2D eigenvalue weighted by Gasteiger charge is -2.31. The van der Waals surface area contributed by atoms with Crippen molar-refractivity contribution in [1.29, 1.82) is 0 Å². The highest BCUT2D eigenvalue weighted by atomic mass is 32.2. The Morgan fingerprint density at radius 3 is 2.31 bits per heavy atom. The van der Waals surface area contributed by atoms with Gasteiger partial charge in [0.05, 0.1) is 17.5 Å². The average Bonchev–Trinajstić information content (AvgIpc) is 2.81. The molecule has 0 aliphatic heterocycles. The second-order valence-corrected chi connectivity index (χ2v) is 10.4. The van der Waals surface area contributed by atoms with Crippen LogP contribution < -0.4 is 9.62 Å². The van der Waals surface area contributed by atoms with E-state index in [0.717, 1.165) is 39.9 Å². The SMILES string of the molecule is CC[C@@H](C(=O)NC)N(Cc1ccccc1C)C(=O)CCCN(c1cccc(C(F)(F)F)c1)S(C)(=O)=O. The topological polar surface area (TPSA) is 86.8 Å². The molecule has 0 unspecified atom stereocenters. The van der Waals surface area contributed by atoms with Gasteiger partial charge in [0.25, 0.3) is 0 Å². The minimum absolute atomic E-state index is 0.0522. The Bertz CT molecular complexity index is 1170. The van der Waals surface area contributed by atoms with E-state index in [1.807, 2.05) is 31.2 Å². The summed E-state index contributed by atoms with van der Waals surface area (Å²) in [6, 6.07) is 10.8. The molecule has 0 aliphatic rings. The van der Waals surface area contributed by atoms with Crippen LogP contribution in [0.25, 0.3) is 0 Å². The van der Waals surface area contributed by atoms with Crippen LogP contribution in [0.5, 0.6) is 0 Å². The molecule has 7 nitrogen and oxygen atoms in total. The minimum Gasteiger partial charge on any atom is -0.357 e. The fourth-order valence-corrected chi connectivity index (χ4v) is 4.86. The van der Waals surface area contributed by atoms with Crippen molar-refractivity contribution < 1.29 is 31.2 Å². The number of amides is 2. The Hall–Kier alpha value is -3.08. The number of hydrogen-bond acceptors (Lipinski definition) is 4. The molecule has 2 aromatic rings. The van der Waals surface area contributed by atoms with Gasteiger partial charge in [-0.1, -0.05) is 37.3 Å². The summed E-state index contributed by atoms with van der Waals surface area (Å²) in [5.74, 6) is -0.674. The van der Waals surface area contributed by atoms with Crippen molar-refractivity contribution in [3.8, 4) is 0 Å². The summed E-state index contributed by atoms with van der Waals surface area (Å²) in [5, 5.41) is 2.57. The van der Waals surface area contributed by atoms with Gasteiger partial charge in [-0.2, -0.15) is 13.2 Å². The van der Waals surface area contributed by atoms with Crippen molar-refractivity contribution in [3.63, 3.8) is 0 Å². The zero-order chi connectivity index (χ0) is 27.1. The molecule has 0 bridgehead atoms.